The van der Waals surface area contributed by atoms with Crippen molar-refractivity contribution >= 4 is 15.7 Å². The van der Waals surface area contributed by atoms with E-state index in [0.29, 0.717) is 5.21 Å². The molecule has 12 heavy (non-hydrogen) atoms. The molecule has 0 amide bonds. The van der Waals surface area contributed by atoms with E-state index in [0.717, 1.165) is 17.8 Å². The van der Waals surface area contributed by atoms with Gasteiger partial charge in [0.25, 0.3) is 0 Å². The molecule has 2 aliphatic carbocycles. The predicted octanol–water partition coefficient (Wildman–Crippen LogP) is 1.22. The molecule has 2 saturated carbocycles. The molecule has 2 rings (SSSR count). The molecule has 2 fully saturated rings. The van der Waals surface area contributed by atoms with E-state index in [9.17, 15) is 0 Å². The highest BCUT2D eigenvalue weighted by Gasteiger charge is 2.41. The molecule has 0 spiro atoms. The second-order valence-corrected chi connectivity index (χ2v) is 5.99. The van der Waals surface area contributed by atoms with Crippen LogP contribution in [0.3, 0.4) is 0 Å². The molecule has 0 N–H and O–H groups in total. The van der Waals surface area contributed by atoms with E-state index in [2.05, 4.69) is 22.6 Å². The highest BCUT2D eigenvalue weighted by atomic mass is 14.4. The lowest BCUT2D eigenvalue weighted by molar-refractivity contribution is 0.445. The average molecular weight is 162 g/mol. The van der Waals surface area contributed by atoms with E-state index in [1.165, 1.54) is 32.1 Å². The van der Waals surface area contributed by atoms with Gasteiger partial charge in [-0.3, -0.25) is 0 Å². The molecule has 2 heteroatoms. The molecule has 0 aromatic rings. The Morgan fingerprint density at radius 3 is 2.00 bits per heavy atom. The number of hydrogen-bond donors (Lipinski definition) is 0. The molecule has 2 unspecified atom stereocenters. The Kier molecular flexibility index (Phi) is 2.05. The first-order valence-corrected chi connectivity index (χ1v) is 5.57. The van der Waals surface area contributed by atoms with Crippen LogP contribution < -0.4 is 0 Å². The largest absolute Gasteiger partial charge is 0.0992 e. The number of hydrogen-bond acceptors (Lipinski definition) is 0. The molecular weight excluding hydrogens is 142 g/mol. The van der Waals surface area contributed by atoms with Crippen LogP contribution in [0.15, 0.2) is 0 Å². The van der Waals surface area contributed by atoms with E-state index in [-0.39, 0.29) is 0 Å². The van der Waals surface area contributed by atoms with Gasteiger partial charge in [0.15, 0.2) is 0 Å². The van der Waals surface area contributed by atoms with E-state index in [4.69, 9.17) is 0 Å². The fourth-order valence-corrected chi connectivity index (χ4v) is 3.27. The van der Waals surface area contributed by atoms with Gasteiger partial charge in [-0.15, -0.1) is 0 Å². The summed E-state index contributed by atoms with van der Waals surface area (Å²) in [6.07, 6.45) is 7.67. The first kappa shape index (κ1) is 8.72. The lowest BCUT2D eigenvalue weighted by atomic mass is 9.49. The molecular formula is C10H20B2. The minimum Gasteiger partial charge on any atom is -0.0845 e. The highest BCUT2D eigenvalue weighted by Crippen LogP contribution is 2.52. The van der Waals surface area contributed by atoms with E-state index >= 15 is 0 Å². The lowest BCUT2D eigenvalue weighted by Crippen LogP contribution is -2.19. The van der Waals surface area contributed by atoms with Crippen molar-refractivity contribution in [1.82, 2.24) is 0 Å². The fourth-order valence-electron chi connectivity index (χ4n) is 3.27. The minimum atomic E-state index is 0.574. The normalized spacial score (nSPS) is 41.6. The van der Waals surface area contributed by atoms with Gasteiger partial charge in [0, 0.05) is 0 Å². The van der Waals surface area contributed by atoms with Crippen LogP contribution in [0, 0.1) is 17.8 Å². The van der Waals surface area contributed by atoms with Crippen LogP contribution >= 0.6 is 0 Å². The molecule has 0 bridgehead atoms. The van der Waals surface area contributed by atoms with Crippen molar-refractivity contribution in [3.8, 4) is 0 Å². The first-order valence-electron chi connectivity index (χ1n) is 5.57. The van der Waals surface area contributed by atoms with Crippen LogP contribution in [0.5, 0.6) is 0 Å². The van der Waals surface area contributed by atoms with Gasteiger partial charge in [-0.2, -0.15) is 0 Å². The minimum absolute atomic E-state index is 0.574. The van der Waals surface area contributed by atoms with Crippen molar-refractivity contribution in [2.75, 3.05) is 0 Å². The van der Waals surface area contributed by atoms with Gasteiger partial charge >= 0.3 is 0 Å². The van der Waals surface area contributed by atoms with Crippen LogP contribution in [-0.4, -0.2) is 15.7 Å². The Hall–Kier alpha value is 0.130. The third-order valence-corrected chi connectivity index (χ3v) is 4.22. The molecule has 0 heterocycles. The molecule has 0 aliphatic heterocycles. The average Bonchev–Trinajstić information content (AvgIpc) is 2.37. The Bertz CT molecular complexity index is 159. The second-order valence-electron chi connectivity index (χ2n) is 5.99. The van der Waals surface area contributed by atoms with Crippen molar-refractivity contribution in [2.24, 2.45) is 17.8 Å². The van der Waals surface area contributed by atoms with Gasteiger partial charge in [0.1, 0.15) is 0 Å². The summed E-state index contributed by atoms with van der Waals surface area (Å²) in [6, 6.07) is 0. The van der Waals surface area contributed by atoms with Crippen molar-refractivity contribution in [2.45, 2.75) is 44.2 Å². The molecule has 0 aromatic heterocycles. The maximum absolute atomic E-state index is 2.42. The Labute approximate surface area is 78.3 Å². The zero-order valence-electron chi connectivity index (χ0n) is 8.77. The van der Waals surface area contributed by atoms with Crippen LogP contribution in [0.1, 0.15) is 39.0 Å². The SMILES string of the molecule is BC(B)(C)C1CC2CCCC2C1. The number of rotatable bonds is 1. The summed E-state index contributed by atoms with van der Waals surface area (Å²) in [6.45, 7) is 2.42. The van der Waals surface area contributed by atoms with E-state index < -0.39 is 0 Å². The Morgan fingerprint density at radius 2 is 1.58 bits per heavy atom. The third-order valence-electron chi connectivity index (χ3n) is 4.22. The summed E-state index contributed by atoms with van der Waals surface area (Å²) < 4.78 is 0. The second kappa shape index (κ2) is 2.82. The molecule has 0 saturated heterocycles. The number of fused-ring (bicyclic) bond motifs is 1. The quantitative estimate of drug-likeness (QED) is 0.508. The zero-order valence-corrected chi connectivity index (χ0v) is 8.77. The first-order chi connectivity index (χ1) is 5.57. The standard InChI is InChI=1S/C10H20B2/c1-10(11,12)9-5-7-3-2-4-8(7)6-9/h7-9H,2-6,11-12H2,1H3. The van der Waals surface area contributed by atoms with E-state index in [1.807, 2.05) is 0 Å². The highest BCUT2D eigenvalue weighted by molar-refractivity contribution is 6.39. The van der Waals surface area contributed by atoms with Crippen LogP contribution in [0.25, 0.3) is 0 Å². The molecule has 0 nitrogen and oxygen atoms in total. The maximum atomic E-state index is 2.42. The summed E-state index contributed by atoms with van der Waals surface area (Å²) in [5.41, 5.74) is 0. The lowest BCUT2D eigenvalue weighted by Gasteiger charge is -2.27. The Morgan fingerprint density at radius 1 is 1.08 bits per heavy atom. The maximum Gasteiger partial charge on any atom is 0.0992 e. The van der Waals surface area contributed by atoms with Gasteiger partial charge in [0.05, 0.1) is 15.7 Å². The van der Waals surface area contributed by atoms with Crippen LogP contribution in [0.4, 0.5) is 0 Å². The predicted molar refractivity (Wildman–Crippen MR) is 59.0 cm³/mol. The monoisotopic (exact) mass is 162 g/mol. The van der Waals surface area contributed by atoms with Crippen LogP contribution in [0.2, 0.25) is 5.21 Å². The van der Waals surface area contributed by atoms with Crippen molar-refractivity contribution in [1.29, 1.82) is 0 Å². The van der Waals surface area contributed by atoms with Gasteiger partial charge in [-0.1, -0.05) is 31.4 Å². The fraction of sp³-hybridized carbons (Fsp3) is 1.00. The van der Waals surface area contributed by atoms with Crippen molar-refractivity contribution in [3.05, 3.63) is 0 Å². The van der Waals surface area contributed by atoms with Crippen LogP contribution in [-0.2, 0) is 0 Å². The van der Waals surface area contributed by atoms with Gasteiger partial charge < -0.3 is 0 Å². The summed E-state index contributed by atoms with van der Waals surface area (Å²) in [4.78, 5) is 0. The Balaban J connectivity index is 1.99. The summed E-state index contributed by atoms with van der Waals surface area (Å²) in [7, 11) is 4.83. The zero-order chi connectivity index (χ0) is 8.77. The van der Waals surface area contributed by atoms with Gasteiger partial charge in [-0.05, 0) is 30.6 Å². The summed E-state index contributed by atoms with van der Waals surface area (Å²) in [5, 5.41) is 0.574. The van der Waals surface area contributed by atoms with E-state index in [1.54, 1.807) is 0 Å². The topological polar surface area (TPSA) is 0 Å². The molecule has 66 valence electrons. The molecule has 2 atom stereocenters. The molecule has 0 radical (unpaired) electrons. The molecule has 0 aromatic carbocycles. The molecule has 2 aliphatic rings. The van der Waals surface area contributed by atoms with Gasteiger partial charge in [-0.25, -0.2) is 0 Å². The smallest absolute Gasteiger partial charge is 0.0845 e. The summed E-state index contributed by atoms with van der Waals surface area (Å²) >= 11 is 0. The van der Waals surface area contributed by atoms with Crippen molar-refractivity contribution in [3.63, 3.8) is 0 Å². The summed E-state index contributed by atoms with van der Waals surface area (Å²) in [5.74, 6) is 3.26. The van der Waals surface area contributed by atoms with Gasteiger partial charge in [0.2, 0.25) is 0 Å². The third kappa shape index (κ3) is 1.45. The van der Waals surface area contributed by atoms with Crippen molar-refractivity contribution < 1.29 is 0 Å².